The Morgan fingerprint density at radius 2 is 2.17 bits per heavy atom. The van der Waals surface area contributed by atoms with Gasteiger partial charge in [0.15, 0.2) is 11.6 Å². The second kappa shape index (κ2) is 8.55. The Labute approximate surface area is 169 Å². The highest BCUT2D eigenvalue weighted by atomic mass is 16.5. The molecule has 3 aromatic heterocycles. The van der Waals surface area contributed by atoms with E-state index in [9.17, 15) is 4.79 Å². The number of carbonyl (C=O) groups excluding carboxylic acids is 1. The molecular formula is C21H26N6O2. The predicted molar refractivity (Wildman–Crippen MR) is 108 cm³/mol. The van der Waals surface area contributed by atoms with E-state index in [1.807, 2.05) is 18.3 Å². The van der Waals surface area contributed by atoms with Crippen LogP contribution in [0.1, 0.15) is 56.7 Å². The lowest BCUT2D eigenvalue weighted by molar-refractivity contribution is -0.116. The summed E-state index contributed by atoms with van der Waals surface area (Å²) < 4.78 is 7.24. The molecule has 0 spiro atoms. The molecular weight excluding hydrogens is 368 g/mol. The maximum atomic E-state index is 12.4. The molecule has 0 bridgehead atoms. The van der Waals surface area contributed by atoms with Gasteiger partial charge < -0.3 is 14.4 Å². The molecule has 29 heavy (non-hydrogen) atoms. The first-order chi connectivity index (χ1) is 14.1. The second-order valence-corrected chi connectivity index (χ2v) is 7.75. The van der Waals surface area contributed by atoms with Crippen molar-refractivity contribution in [1.82, 2.24) is 24.9 Å². The van der Waals surface area contributed by atoms with E-state index < -0.39 is 0 Å². The molecule has 1 amide bonds. The number of rotatable bonds is 6. The standard InChI is InChI=1S/C21H26N6O2/c1-14-6-3-4-8-17(14)27-19(24-25-21(27)16-7-5-11-22-13-16)9-10-20(28)23-18-12-15(2)29-26-18/h5,7,11-14,17H,3-4,6,8-10H2,1-2H3,(H,23,26,28). The van der Waals surface area contributed by atoms with E-state index in [1.165, 1.54) is 19.3 Å². The lowest BCUT2D eigenvalue weighted by Crippen LogP contribution is -2.24. The van der Waals surface area contributed by atoms with E-state index in [-0.39, 0.29) is 5.91 Å². The van der Waals surface area contributed by atoms with Crippen LogP contribution in [0.3, 0.4) is 0 Å². The molecule has 0 aromatic carbocycles. The monoisotopic (exact) mass is 394 g/mol. The van der Waals surface area contributed by atoms with Gasteiger partial charge in [0.1, 0.15) is 11.6 Å². The van der Waals surface area contributed by atoms with Gasteiger partial charge in [-0.15, -0.1) is 10.2 Å². The van der Waals surface area contributed by atoms with Crippen molar-refractivity contribution in [2.45, 2.75) is 58.4 Å². The molecule has 4 rings (SSSR count). The van der Waals surface area contributed by atoms with Crippen LogP contribution in [0.2, 0.25) is 0 Å². The summed E-state index contributed by atoms with van der Waals surface area (Å²) in [4.78, 5) is 16.6. The summed E-state index contributed by atoms with van der Waals surface area (Å²) in [7, 11) is 0. The van der Waals surface area contributed by atoms with Crippen LogP contribution in [0, 0.1) is 12.8 Å². The summed E-state index contributed by atoms with van der Waals surface area (Å²) >= 11 is 0. The van der Waals surface area contributed by atoms with Gasteiger partial charge in [0.05, 0.1) is 0 Å². The highest BCUT2D eigenvalue weighted by Gasteiger charge is 2.28. The van der Waals surface area contributed by atoms with Gasteiger partial charge >= 0.3 is 0 Å². The summed E-state index contributed by atoms with van der Waals surface area (Å²) in [5.41, 5.74) is 0.951. The summed E-state index contributed by atoms with van der Waals surface area (Å²) in [6, 6.07) is 5.95. The molecule has 2 unspecified atom stereocenters. The maximum absolute atomic E-state index is 12.4. The first-order valence-electron chi connectivity index (χ1n) is 10.2. The van der Waals surface area contributed by atoms with Crippen LogP contribution in [0.5, 0.6) is 0 Å². The van der Waals surface area contributed by atoms with Gasteiger partial charge in [-0.3, -0.25) is 9.78 Å². The Balaban J connectivity index is 1.56. The Morgan fingerprint density at radius 1 is 1.31 bits per heavy atom. The van der Waals surface area contributed by atoms with Crippen molar-refractivity contribution in [3.05, 3.63) is 42.2 Å². The summed E-state index contributed by atoms with van der Waals surface area (Å²) in [5, 5.41) is 15.5. The maximum Gasteiger partial charge on any atom is 0.226 e. The van der Waals surface area contributed by atoms with Crippen molar-refractivity contribution in [3.63, 3.8) is 0 Å². The van der Waals surface area contributed by atoms with Crippen LogP contribution in [0.25, 0.3) is 11.4 Å². The van der Waals surface area contributed by atoms with Gasteiger partial charge in [0.2, 0.25) is 5.91 Å². The zero-order valence-corrected chi connectivity index (χ0v) is 16.8. The van der Waals surface area contributed by atoms with E-state index in [0.717, 1.165) is 23.6 Å². The molecule has 1 aliphatic carbocycles. The average molecular weight is 394 g/mol. The minimum atomic E-state index is -0.118. The zero-order valence-electron chi connectivity index (χ0n) is 16.8. The number of nitrogens with zero attached hydrogens (tertiary/aromatic N) is 5. The molecule has 3 aromatic rings. The Hall–Kier alpha value is -3.03. The fourth-order valence-electron chi connectivity index (χ4n) is 4.07. The average Bonchev–Trinajstić information content (AvgIpc) is 3.33. The predicted octanol–water partition coefficient (Wildman–Crippen LogP) is 3.96. The molecule has 0 aliphatic heterocycles. The molecule has 1 fully saturated rings. The fraction of sp³-hybridized carbons (Fsp3) is 0.476. The molecule has 3 heterocycles. The molecule has 1 aliphatic rings. The van der Waals surface area contributed by atoms with E-state index in [0.29, 0.717) is 36.4 Å². The normalized spacial score (nSPS) is 19.2. The molecule has 0 saturated heterocycles. The topological polar surface area (TPSA) is 98.7 Å². The van der Waals surface area contributed by atoms with Crippen molar-refractivity contribution >= 4 is 11.7 Å². The third-order valence-corrected chi connectivity index (χ3v) is 5.56. The quantitative estimate of drug-likeness (QED) is 0.679. The van der Waals surface area contributed by atoms with Crippen LogP contribution in [0.4, 0.5) is 5.82 Å². The number of hydrogen-bond acceptors (Lipinski definition) is 6. The fourth-order valence-corrected chi connectivity index (χ4v) is 4.07. The first-order valence-corrected chi connectivity index (χ1v) is 10.2. The van der Waals surface area contributed by atoms with E-state index >= 15 is 0 Å². The highest BCUT2D eigenvalue weighted by molar-refractivity contribution is 5.89. The van der Waals surface area contributed by atoms with E-state index in [1.54, 1.807) is 19.2 Å². The van der Waals surface area contributed by atoms with Crippen molar-refractivity contribution in [3.8, 4) is 11.4 Å². The van der Waals surface area contributed by atoms with Crippen molar-refractivity contribution in [2.24, 2.45) is 5.92 Å². The zero-order chi connectivity index (χ0) is 20.2. The number of amides is 1. The minimum Gasteiger partial charge on any atom is -0.360 e. The number of hydrogen-bond donors (Lipinski definition) is 1. The largest absolute Gasteiger partial charge is 0.360 e. The SMILES string of the molecule is Cc1cc(NC(=O)CCc2nnc(-c3cccnc3)n2C2CCCCC2C)no1. The summed E-state index contributed by atoms with van der Waals surface area (Å²) in [6.45, 7) is 4.08. The van der Waals surface area contributed by atoms with E-state index in [4.69, 9.17) is 4.52 Å². The lowest BCUT2D eigenvalue weighted by atomic mass is 9.85. The lowest BCUT2D eigenvalue weighted by Gasteiger charge is -2.31. The molecule has 1 N–H and O–H groups in total. The summed E-state index contributed by atoms with van der Waals surface area (Å²) in [6.07, 6.45) is 9.14. The first kappa shape index (κ1) is 19.3. The van der Waals surface area contributed by atoms with Gasteiger partial charge in [-0.2, -0.15) is 0 Å². The highest BCUT2D eigenvalue weighted by Crippen LogP contribution is 2.37. The van der Waals surface area contributed by atoms with Crippen LogP contribution < -0.4 is 5.32 Å². The van der Waals surface area contributed by atoms with Crippen LogP contribution in [-0.2, 0) is 11.2 Å². The van der Waals surface area contributed by atoms with Crippen LogP contribution in [0.15, 0.2) is 35.1 Å². The number of anilines is 1. The number of pyridine rings is 1. The van der Waals surface area contributed by atoms with Gasteiger partial charge in [-0.05, 0) is 37.8 Å². The molecule has 2 atom stereocenters. The Morgan fingerprint density at radius 3 is 2.90 bits per heavy atom. The van der Waals surface area contributed by atoms with Crippen molar-refractivity contribution in [2.75, 3.05) is 5.32 Å². The van der Waals surface area contributed by atoms with E-state index in [2.05, 4.69) is 37.1 Å². The number of nitrogens with one attached hydrogen (secondary N) is 1. The second-order valence-electron chi connectivity index (χ2n) is 7.75. The number of carbonyl (C=O) groups is 1. The Kier molecular flexibility index (Phi) is 5.69. The van der Waals surface area contributed by atoms with Crippen LogP contribution in [-0.4, -0.2) is 30.8 Å². The smallest absolute Gasteiger partial charge is 0.226 e. The van der Waals surface area contributed by atoms with Gasteiger partial charge in [-0.25, -0.2) is 0 Å². The molecule has 8 heteroatoms. The van der Waals surface area contributed by atoms with Crippen LogP contribution >= 0.6 is 0 Å². The van der Waals surface area contributed by atoms with Gasteiger partial charge in [-0.1, -0.05) is 24.9 Å². The third-order valence-electron chi connectivity index (χ3n) is 5.56. The molecule has 152 valence electrons. The number of aryl methyl sites for hydroxylation is 2. The van der Waals surface area contributed by atoms with Crippen molar-refractivity contribution < 1.29 is 9.32 Å². The van der Waals surface area contributed by atoms with Crippen molar-refractivity contribution in [1.29, 1.82) is 0 Å². The molecule has 0 radical (unpaired) electrons. The van der Waals surface area contributed by atoms with Gasteiger partial charge in [0, 0.05) is 42.9 Å². The van der Waals surface area contributed by atoms with Gasteiger partial charge in [0.25, 0.3) is 0 Å². The third kappa shape index (κ3) is 4.36. The molecule has 1 saturated carbocycles. The summed E-state index contributed by atoms with van der Waals surface area (Å²) in [5.74, 6) is 3.19. The Bertz CT molecular complexity index is 965. The number of aromatic nitrogens is 5. The molecule has 8 nitrogen and oxygen atoms in total. The minimum absolute atomic E-state index is 0.118.